The van der Waals surface area contributed by atoms with E-state index in [9.17, 15) is 0 Å². The van der Waals surface area contributed by atoms with Crippen molar-refractivity contribution in [2.45, 2.75) is 25.3 Å². The first-order chi connectivity index (χ1) is 9.56. The highest BCUT2D eigenvalue weighted by atomic mass is 35.5. The maximum Gasteiger partial charge on any atom is 0.119 e. The largest absolute Gasteiger partial charge is 0.491 e. The van der Waals surface area contributed by atoms with E-state index in [2.05, 4.69) is 18.1 Å². The van der Waals surface area contributed by atoms with E-state index in [1.165, 1.54) is 0 Å². The summed E-state index contributed by atoms with van der Waals surface area (Å²) in [5.41, 5.74) is 1.10. The van der Waals surface area contributed by atoms with Crippen molar-refractivity contribution in [3.05, 3.63) is 55.1 Å². The van der Waals surface area contributed by atoms with Gasteiger partial charge in [0, 0.05) is 19.6 Å². The van der Waals surface area contributed by atoms with Gasteiger partial charge in [-0.2, -0.15) is 0 Å². The van der Waals surface area contributed by atoms with Crippen LogP contribution in [-0.2, 0) is 0 Å². The second-order valence-electron chi connectivity index (χ2n) is 5.00. The van der Waals surface area contributed by atoms with E-state index in [0.717, 1.165) is 30.9 Å². The van der Waals surface area contributed by atoms with E-state index in [0.29, 0.717) is 0 Å². The first-order valence-corrected chi connectivity index (χ1v) is 7.35. The number of rotatable bonds is 9. The molecular weight excluding hydrogens is 270 g/mol. The molecular formula is C17H24ClNO. The Hall–Kier alpha value is -1.25. The Bertz CT molecular complexity index is 404. The van der Waals surface area contributed by atoms with Crippen LogP contribution in [0.3, 0.4) is 0 Å². The van der Waals surface area contributed by atoms with Gasteiger partial charge in [-0.3, -0.25) is 4.90 Å². The average molecular weight is 294 g/mol. The Morgan fingerprint density at radius 1 is 1.15 bits per heavy atom. The lowest BCUT2D eigenvalue weighted by Crippen LogP contribution is -2.27. The molecule has 1 aromatic carbocycles. The monoisotopic (exact) mass is 293 g/mol. The third-order valence-corrected chi connectivity index (χ3v) is 3.20. The Morgan fingerprint density at radius 3 is 2.15 bits per heavy atom. The summed E-state index contributed by atoms with van der Waals surface area (Å²) in [5.74, 6) is 0.877. The van der Waals surface area contributed by atoms with Gasteiger partial charge in [-0.05, 0) is 31.5 Å². The average Bonchev–Trinajstić information content (AvgIpc) is 2.39. The van der Waals surface area contributed by atoms with Gasteiger partial charge in [-0.1, -0.05) is 24.3 Å². The molecule has 0 amide bonds. The molecule has 1 unspecified atom stereocenters. The van der Waals surface area contributed by atoms with Crippen LogP contribution < -0.4 is 4.74 Å². The molecule has 0 spiro atoms. The summed E-state index contributed by atoms with van der Waals surface area (Å²) in [7, 11) is 0. The molecule has 0 aromatic heterocycles. The normalized spacial score (nSPS) is 12.4. The molecule has 0 aliphatic heterocycles. The van der Waals surface area contributed by atoms with Crippen LogP contribution in [0.5, 0.6) is 5.75 Å². The Labute approximate surface area is 127 Å². The Balaban J connectivity index is 2.63. The standard InChI is InChI=1S/C17H24ClNO/c1-5-11-19(12-6-2)13-17(18)15-7-9-16(10-8-15)20-14(3)4/h5-10,14,17H,1-2,11-13H2,3-4H3. The van der Waals surface area contributed by atoms with E-state index in [-0.39, 0.29) is 11.5 Å². The van der Waals surface area contributed by atoms with Crippen molar-refractivity contribution in [3.63, 3.8) is 0 Å². The molecule has 0 aliphatic carbocycles. The quantitative estimate of drug-likeness (QED) is 0.493. The van der Waals surface area contributed by atoms with Crippen molar-refractivity contribution in [2.24, 2.45) is 0 Å². The summed E-state index contributed by atoms with van der Waals surface area (Å²) >= 11 is 6.48. The van der Waals surface area contributed by atoms with E-state index < -0.39 is 0 Å². The van der Waals surface area contributed by atoms with Crippen LogP contribution in [0.25, 0.3) is 0 Å². The number of alkyl halides is 1. The Morgan fingerprint density at radius 2 is 1.70 bits per heavy atom. The minimum Gasteiger partial charge on any atom is -0.491 e. The zero-order valence-corrected chi connectivity index (χ0v) is 13.1. The van der Waals surface area contributed by atoms with Crippen LogP contribution in [-0.4, -0.2) is 30.6 Å². The lowest BCUT2D eigenvalue weighted by molar-refractivity contribution is 0.242. The molecule has 0 aliphatic rings. The smallest absolute Gasteiger partial charge is 0.119 e. The second kappa shape index (κ2) is 8.83. The predicted octanol–water partition coefficient (Wildman–Crippen LogP) is 4.43. The van der Waals surface area contributed by atoms with E-state index >= 15 is 0 Å². The molecule has 20 heavy (non-hydrogen) atoms. The summed E-state index contributed by atoms with van der Waals surface area (Å²) < 4.78 is 5.63. The van der Waals surface area contributed by atoms with Crippen molar-refractivity contribution in [3.8, 4) is 5.75 Å². The zero-order chi connectivity index (χ0) is 15.0. The van der Waals surface area contributed by atoms with Crippen molar-refractivity contribution >= 4 is 11.6 Å². The molecule has 0 bridgehead atoms. The maximum atomic E-state index is 6.48. The van der Waals surface area contributed by atoms with Gasteiger partial charge < -0.3 is 4.74 Å². The predicted molar refractivity (Wildman–Crippen MR) is 87.6 cm³/mol. The number of benzene rings is 1. The van der Waals surface area contributed by atoms with Crippen LogP contribution >= 0.6 is 11.6 Å². The molecule has 1 atom stereocenters. The minimum atomic E-state index is -0.0528. The molecule has 3 heteroatoms. The summed E-state index contributed by atoms with van der Waals surface area (Å²) in [6, 6.07) is 7.98. The second-order valence-corrected chi connectivity index (χ2v) is 5.53. The lowest BCUT2D eigenvalue weighted by Gasteiger charge is -2.22. The number of hydrogen-bond acceptors (Lipinski definition) is 2. The van der Waals surface area contributed by atoms with Gasteiger partial charge in [0.15, 0.2) is 0 Å². The molecule has 2 nitrogen and oxygen atoms in total. The van der Waals surface area contributed by atoms with E-state index in [1.807, 2.05) is 50.3 Å². The third-order valence-electron chi connectivity index (χ3n) is 2.81. The summed E-state index contributed by atoms with van der Waals surface area (Å²) in [6.07, 6.45) is 3.95. The van der Waals surface area contributed by atoms with Crippen LogP contribution in [0.15, 0.2) is 49.6 Å². The number of halogens is 1. The van der Waals surface area contributed by atoms with Crippen molar-refractivity contribution in [1.29, 1.82) is 0 Å². The van der Waals surface area contributed by atoms with Crippen LogP contribution in [0.2, 0.25) is 0 Å². The van der Waals surface area contributed by atoms with Gasteiger partial charge >= 0.3 is 0 Å². The van der Waals surface area contributed by atoms with Crippen molar-refractivity contribution in [2.75, 3.05) is 19.6 Å². The summed E-state index contributed by atoms with van der Waals surface area (Å²) in [4.78, 5) is 2.20. The van der Waals surface area contributed by atoms with Crippen LogP contribution in [0.1, 0.15) is 24.8 Å². The molecule has 0 saturated heterocycles. The van der Waals surface area contributed by atoms with Gasteiger partial charge in [0.05, 0.1) is 11.5 Å². The lowest BCUT2D eigenvalue weighted by atomic mass is 10.1. The molecule has 0 saturated carbocycles. The molecule has 0 fully saturated rings. The van der Waals surface area contributed by atoms with Crippen LogP contribution in [0.4, 0.5) is 0 Å². The van der Waals surface area contributed by atoms with Gasteiger partial charge in [0.1, 0.15) is 5.75 Å². The first-order valence-electron chi connectivity index (χ1n) is 6.91. The summed E-state index contributed by atoms with van der Waals surface area (Å²) in [6.45, 7) is 13.9. The highest BCUT2D eigenvalue weighted by Gasteiger charge is 2.12. The van der Waals surface area contributed by atoms with Crippen molar-refractivity contribution < 1.29 is 4.74 Å². The van der Waals surface area contributed by atoms with Crippen LogP contribution in [0, 0.1) is 0 Å². The Kier molecular flexibility index (Phi) is 7.42. The summed E-state index contributed by atoms with van der Waals surface area (Å²) in [5, 5.41) is -0.0528. The fourth-order valence-corrected chi connectivity index (χ4v) is 2.29. The van der Waals surface area contributed by atoms with E-state index in [4.69, 9.17) is 16.3 Å². The molecule has 1 aromatic rings. The van der Waals surface area contributed by atoms with E-state index in [1.54, 1.807) is 0 Å². The highest BCUT2D eigenvalue weighted by Crippen LogP contribution is 2.24. The number of hydrogen-bond donors (Lipinski definition) is 0. The first kappa shape index (κ1) is 16.8. The molecule has 0 heterocycles. The van der Waals surface area contributed by atoms with Gasteiger partial charge in [0.25, 0.3) is 0 Å². The number of ether oxygens (including phenoxy) is 1. The molecule has 1 rings (SSSR count). The zero-order valence-electron chi connectivity index (χ0n) is 12.4. The fourth-order valence-electron chi connectivity index (χ4n) is 1.95. The fraction of sp³-hybridized carbons (Fsp3) is 0.412. The van der Waals surface area contributed by atoms with Gasteiger partial charge in [-0.15, -0.1) is 24.8 Å². The van der Waals surface area contributed by atoms with Gasteiger partial charge in [-0.25, -0.2) is 0 Å². The van der Waals surface area contributed by atoms with Gasteiger partial charge in [0.2, 0.25) is 0 Å². The maximum absolute atomic E-state index is 6.48. The third kappa shape index (κ3) is 5.81. The molecule has 110 valence electrons. The topological polar surface area (TPSA) is 12.5 Å². The highest BCUT2D eigenvalue weighted by molar-refractivity contribution is 6.21. The van der Waals surface area contributed by atoms with Crippen molar-refractivity contribution in [1.82, 2.24) is 4.90 Å². The number of nitrogens with zero attached hydrogens (tertiary/aromatic N) is 1. The SMILES string of the molecule is C=CCN(CC=C)CC(Cl)c1ccc(OC(C)C)cc1. The molecule has 0 radical (unpaired) electrons. The molecule has 0 N–H and O–H groups in total. The minimum absolute atomic E-state index is 0.0528.